The van der Waals surface area contributed by atoms with Crippen molar-refractivity contribution in [3.63, 3.8) is 0 Å². The van der Waals surface area contributed by atoms with Gasteiger partial charge >= 0.3 is 5.97 Å². The van der Waals surface area contributed by atoms with Gasteiger partial charge in [0.1, 0.15) is 4.90 Å². The number of aliphatic hydroxyl groups is 1. The summed E-state index contributed by atoms with van der Waals surface area (Å²) in [6.45, 7) is 0.0360. The summed E-state index contributed by atoms with van der Waals surface area (Å²) in [7, 11) is -3.90. The zero-order valence-corrected chi connectivity index (χ0v) is 13.5. The minimum Gasteiger partial charge on any atom is -0.475 e. The van der Waals surface area contributed by atoms with Gasteiger partial charge in [-0.15, -0.1) is 0 Å². The van der Waals surface area contributed by atoms with Crippen molar-refractivity contribution >= 4 is 31.9 Å². The summed E-state index contributed by atoms with van der Waals surface area (Å²) in [6, 6.07) is 0.953. The van der Waals surface area contributed by atoms with Crippen molar-refractivity contribution in [1.29, 1.82) is 0 Å². The topological polar surface area (TPSA) is 117 Å². The second-order valence-electron chi connectivity index (χ2n) is 5.24. The van der Waals surface area contributed by atoms with Crippen LogP contribution in [0.5, 0.6) is 0 Å². The van der Waals surface area contributed by atoms with Gasteiger partial charge in [-0.2, -0.15) is 0 Å². The minimum absolute atomic E-state index is 0.0809. The maximum absolute atomic E-state index is 12.2. The predicted molar refractivity (Wildman–Crippen MR) is 76.5 cm³/mol. The maximum Gasteiger partial charge on any atom is 0.371 e. The molecule has 0 amide bonds. The fourth-order valence-corrected chi connectivity index (χ4v) is 4.58. The van der Waals surface area contributed by atoms with Crippen LogP contribution in [-0.2, 0) is 10.0 Å². The van der Waals surface area contributed by atoms with Crippen LogP contribution >= 0.6 is 15.9 Å². The summed E-state index contributed by atoms with van der Waals surface area (Å²) < 4.78 is 31.6. The first kappa shape index (κ1) is 16.5. The Morgan fingerprint density at radius 1 is 1.43 bits per heavy atom. The third-order valence-electron chi connectivity index (χ3n) is 3.79. The number of nitrogens with one attached hydrogen (secondary N) is 1. The molecular formula is C12H16BrNO6S. The van der Waals surface area contributed by atoms with E-state index in [1.807, 2.05) is 0 Å². The van der Waals surface area contributed by atoms with E-state index in [9.17, 15) is 18.3 Å². The minimum atomic E-state index is -3.90. The van der Waals surface area contributed by atoms with E-state index in [-0.39, 0.29) is 22.7 Å². The summed E-state index contributed by atoms with van der Waals surface area (Å²) in [5, 5.41) is 18.3. The van der Waals surface area contributed by atoms with Crippen molar-refractivity contribution in [2.75, 3.05) is 13.2 Å². The molecule has 0 aliphatic heterocycles. The monoisotopic (exact) mass is 381 g/mol. The van der Waals surface area contributed by atoms with E-state index >= 15 is 0 Å². The first-order chi connectivity index (χ1) is 9.80. The van der Waals surface area contributed by atoms with E-state index in [2.05, 4.69) is 20.7 Å². The molecule has 118 valence electrons. The number of carboxylic acids is 1. The Hall–Kier alpha value is -0.900. The van der Waals surface area contributed by atoms with Crippen molar-refractivity contribution in [3.05, 3.63) is 16.5 Å². The molecule has 0 atom stereocenters. The molecule has 1 aromatic rings. The van der Waals surface area contributed by atoms with Gasteiger partial charge in [-0.05, 0) is 28.8 Å². The third-order valence-corrected chi connectivity index (χ3v) is 6.05. The van der Waals surface area contributed by atoms with Crippen molar-refractivity contribution in [3.8, 4) is 0 Å². The molecule has 0 bridgehead atoms. The Morgan fingerprint density at radius 3 is 2.52 bits per heavy atom. The summed E-state index contributed by atoms with van der Waals surface area (Å²) in [6.07, 6.45) is 3.44. The highest BCUT2D eigenvalue weighted by atomic mass is 79.9. The van der Waals surface area contributed by atoms with Crippen molar-refractivity contribution in [2.45, 2.75) is 30.6 Å². The Kier molecular flexibility index (Phi) is 4.76. The van der Waals surface area contributed by atoms with Crippen LogP contribution in [0.3, 0.4) is 0 Å². The van der Waals surface area contributed by atoms with Crippen LogP contribution in [0.15, 0.2) is 20.0 Å². The lowest BCUT2D eigenvalue weighted by Crippen LogP contribution is -2.38. The van der Waals surface area contributed by atoms with E-state index in [1.165, 1.54) is 0 Å². The molecule has 21 heavy (non-hydrogen) atoms. The summed E-state index contributed by atoms with van der Waals surface area (Å²) in [5.74, 6) is -1.81. The molecule has 2 rings (SSSR count). The number of carbonyl (C=O) groups is 1. The van der Waals surface area contributed by atoms with Gasteiger partial charge in [0.2, 0.25) is 15.8 Å². The zero-order chi connectivity index (χ0) is 15.7. The van der Waals surface area contributed by atoms with E-state index in [0.29, 0.717) is 0 Å². The fraction of sp³-hybridized carbons (Fsp3) is 0.583. The lowest BCUT2D eigenvalue weighted by Gasteiger charge is -2.26. The first-order valence-corrected chi connectivity index (χ1v) is 8.70. The number of aromatic carboxylic acids is 1. The number of halogens is 1. The number of hydrogen-bond donors (Lipinski definition) is 3. The highest BCUT2D eigenvalue weighted by molar-refractivity contribution is 9.10. The number of sulfonamides is 1. The van der Waals surface area contributed by atoms with Gasteiger partial charge < -0.3 is 14.6 Å². The molecule has 9 heteroatoms. The molecular weight excluding hydrogens is 366 g/mol. The lowest BCUT2D eigenvalue weighted by atomic mass is 9.88. The molecule has 1 fully saturated rings. The molecule has 1 aliphatic carbocycles. The predicted octanol–water partition coefficient (Wildman–Crippen LogP) is 1.57. The number of carboxylic acid groups (broad SMARTS) is 1. The molecule has 0 radical (unpaired) electrons. The standard InChI is InChI=1S/C12H16BrNO6S/c13-10-9(5-8(20-10)11(16)17)21(18,19)14-6-12(7-15)3-1-2-4-12/h5,14-15H,1-4,6-7H2,(H,16,17). The van der Waals surface area contributed by atoms with Crippen LogP contribution < -0.4 is 4.72 Å². The molecule has 1 aliphatic rings. The Labute approximate surface area is 130 Å². The second kappa shape index (κ2) is 6.07. The van der Waals surface area contributed by atoms with Crippen LogP contribution in [-0.4, -0.2) is 37.8 Å². The van der Waals surface area contributed by atoms with Crippen LogP contribution in [0.4, 0.5) is 0 Å². The molecule has 0 aromatic carbocycles. The second-order valence-corrected chi connectivity index (χ2v) is 7.70. The van der Waals surface area contributed by atoms with Gasteiger partial charge in [-0.3, -0.25) is 0 Å². The van der Waals surface area contributed by atoms with Crippen LogP contribution in [0.2, 0.25) is 0 Å². The number of furan rings is 1. The van der Waals surface area contributed by atoms with Gasteiger partial charge in [0.05, 0.1) is 0 Å². The van der Waals surface area contributed by atoms with Crippen LogP contribution in [0.25, 0.3) is 0 Å². The molecule has 7 nitrogen and oxygen atoms in total. The van der Waals surface area contributed by atoms with Gasteiger partial charge in [0.15, 0.2) is 4.67 Å². The van der Waals surface area contributed by atoms with Crippen LogP contribution in [0, 0.1) is 5.41 Å². The highest BCUT2D eigenvalue weighted by Gasteiger charge is 2.35. The van der Waals surface area contributed by atoms with Crippen molar-refractivity contribution < 1.29 is 27.8 Å². The van der Waals surface area contributed by atoms with Crippen molar-refractivity contribution in [2.24, 2.45) is 5.41 Å². The molecule has 0 unspecified atom stereocenters. The van der Waals surface area contributed by atoms with E-state index in [4.69, 9.17) is 9.52 Å². The third kappa shape index (κ3) is 3.47. The Balaban J connectivity index is 2.17. The Bertz CT molecular complexity index is 632. The first-order valence-electron chi connectivity index (χ1n) is 6.43. The number of hydrogen-bond acceptors (Lipinski definition) is 5. The molecule has 1 saturated carbocycles. The van der Waals surface area contributed by atoms with Gasteiger partial charge in [0, 0.05) is 24.6 Å². The normalized spacial score (nSPS) is 18.0. The van der Waals surface area contributed by atoms with Crippen LogP contribution in [0.1, 0.15) is 36.2 Å². The average Bonchev–Trinajstić information content (AvgIpc) is 3.04. The molecule has 0 spiro atoms. The molecule has 1 heterocycles. The van der Waals surface area contributed by atoms with Gasteiger partial charge in [-0.25, -0.2) is 17.9 Å². The Morgan fingerprint density at radius 2 is 2.05 bits per heavy atom. The van der Waals surface area contributed by atoms with E-state index < -0.39 is 27.2 Å². The number of rotatable bonds is 6. The smallest absolute Gasteiger partial charge is 0.371 e. The molecule has 1 aromatic heterocycles. The largest absolute Gasteiger partial charge is 0.475 e. The maximum atomic E-state index is 12.2. The summed E-state index contributed by atoms with van der Waals surface area (Å²) in [4.78, 5) is 10.5. The molecule has 0 saturated heterocycles. The average molecular weight is 382 g/mol. The SMILES string of the molecule is O=C(O)c1cc(S(=O)(=O)NCC2(CO)CCCC2)c(Br)o1. The van der Waals surface area contributed by atoms with E-state index in [0.717, 1.165) is 31.7 Å². The van der Waals surface area contributed by atoms with Crippen molar-refractivity contribution in [1.82, 2.24) is 4.72 Å². The van der Waals surface area contributed by atoms with E-state index in [1.54, 1.807) is 0 Å². The summed E-state index contributed by atoms with van der Waals surface area (Å²) in [5.41, 5.74) is -0.432. The van der Waals surface area contributed by atoms with Gasteiger partial charge in [-0.1, -0.05) is 12.8 Å². The fourth-order valence-electron chi connectivity index (χ4n) is 2.48. The highest BCUT2D eigenvalue weighted by Crippen LogP contribution is 2.37. The molecule has 3 N–H and O–H groups in total. The zero-order valence-electron chi connectivity index (χ0n) is 11.1. The summed E-state index contributed by atoms with van der Waals surface area (Å²) >= 11 is 2.91. The lowest BCUT2D eigenvalue weighted by molar-refractivity contribution is 0.0661. The number of aliphatic hydroxyl groups excluding tert-OH is 1. The van der Waals surface area contributed by atoms with Gasteiger partial charge in [0.25, 0.3) is 0 Å². The quantitative estimate of drug-likeness (QED) is 0.688.